The van der Waals surface area contributed by atoms with Gasteiger partial charge in [0.15, 0.2) is 0 Å². The summed E-state index contributed by atoms with van der Waals surface area (Å²) in [5.74, 6) is 0. The first-order valence-corrected chi connectivity index (χ1v) is 6.67. The van der Waals surface area contributed by atoms with Gasteiger partial charge in [-0.15, -0.1) is 0 Å². The maximum absolute atomic E-state index is 9.12. The Kier molecular flexibility index (Phi) is 8.90. The lowest BCUT2D eigenvalue weighted by atomic mass is 10.0. The maximum Gasteiger partial charge on any atom is 0.0608 e. The number of nitrogens with zero attached hydrogens (tertiary/aromatic N) is 1. The quantitative estimate of drug-likeness (QED) is 0.603. The molecule has 0 radical (unpaired) electrons. The van der Waals surface area contributed by atoms with Crippen molar-refractivity contribution in [2.45, 2.75) is 58.4 Å². The van der Waals surface area contributed by atoms with Crippen LogP contribution < -0.4 is 5.73 Å². The fourth-order valence-corrected chi connectivity index (χ4v) is 1.59. The van der Waals surface area contributed by atoms with Crippen molar-refractivity contribution in [3.8, 4) is 0 Å². The van der Waals surface area contributed by atoms with Crippen LogP contribution in [0.4, 0.5) is 0 Å². The number of aliphatic hydroxyl groups excluding tert-OH is 1. The minimum atomic E-state index is -0.420. The maximum atomic E-state index is 9.12. The van der Waals surface area contributed by atoms with E-state index in [0.717, 1.165) is 26.1 Å². The molecule has 0 aromatic carbocycles. The molecule has 3 heteroatoms. The first-order valence-electron chi connectivity index (χ1n) is 6.67. The van der Waals surface area contributed by atoms with Crippen LogP contribution in [0.15, 0.2) is 0 Å². The monoisotopic (exact) mass is 230 g/mol. The molecule has 0 aliphatic carbocycles. The molecular formula is C13H30N2O. The lowest BCUT2D eigenvalue weighted by Gasteiger charge is -2.28. The summed E-state index contributed by atoms with van der Waals surface area (Å²) < 4.78 is 0. The van der Waals surface area contributed by atoms with Gasteiger partial charge in [0.05, 0.1) is 6.61 Å². The molecule has 3 nitrogen and oxygen atoms in total. The highest BCUT2D eigenvalue weighted by molar-refractivity contribution is 4.78. The van der Waals surface area contributed by atoms with E-state index in [1.807, 2.05) is 6.92 Å². The second kappa shape index (κ2) is 8.97. The molecule has 16 heavy (non-hydrogen) atoms. The first-order chi connectivity index (χ1) is 7.55. The van der Waals surface area contributed by atoms with E-state index in [-0.39, 0.29) is 6.61 Å². The van der Waals surface area contributed by atoms with Crippen LogP contribution in [-0.2, 0) is 0 Å². The predicted molar refractivity (Wildman–Crippen MR) is 70.6 cm³/mol. The SMILES string of the molecule is CCCCN(CCCC)CCC(C)(N)CO. The molecule has 0 heterocycles. The molecule has 0 rings (SSSR count). The van der Waals surface area contributed by atoms with Gasteiger partial charge in [0.1, 0.15) is 0 Å². The molecule has 98 valence electrons. The van der Waals surface area contributed by atoms with Crippen LogP contribution >= 0.6 is 0 Å². The standard InChI is InChI=1S/C13H30N2O/c1-4-6-9-15(10-7-5-2)11-8-13(3,14)12-16/h16H,4-12,14H2,1-3H3. The van der Waals surface area contributed by atoms with E-state index in [9.17, 15) is 0 Å². The van der Waals surface area contributed by atoms with Crippen LogP contribution in [0, 0.1) is 0 Å². The average molecular weight is 230 g/mol. The van der Waals surface area contributed by atoms with Crippen molar-refractivity contribution >= 4 is 0 Å². The Bertz CT molecular complexity index is 152. The third-order valence-electron chi connectivity index (χ3n) is 3.02. The van der Waals surface area contributed by atoms with Crippen LogP contribution in [0.1, 0.15) is 52.9 Å². The number of rotatable bonds is 10. The van der Waals surface area contributed by atoms with E-state index in [0.29, 0.717) is 0 Å². The second-order valence-corrected chi connectivity index (χ2v) is 5.11. The van der Waals surface area contributed by atoms with E-state index >= 15 is 0 Å². The zero-order chi connectivity index (χ0) is 12.4. The van der Waals surface area contributed by atoms with Crippen LogP contribution in [0.5, 0.6) is 0 Å². The fourth-order valence-electron chi connectivity index (χ4n) is 1.59. The van der Waals surface area contributed by atoms with Gasteiger partial charge in [-0.3, -0.25) is 0 Å². The van der Waals surface area contributed by atoms with E-state index < -0.39 is 5.54 Å². The van der Waals surface area contributed by atoms with Crippen LogP contribution in [0.2, 0.25) is 0 Å². The lowest BCUT2D eigenvalue weighted by Crippen LogP contribution is -2.43. The van der Waals surface area contributed by atoms with Crippen LogP contribution in [0.3, 0.4) is 0 Å². The van der Waals surface area contributed by atoms with Gasteiger partial charge < -0.3 is 15.7 Å². The number of hydrogen-bond donors (Lipinski definition) is 2. The molecule has 1 atom stereocenters. The van der Waals surface area contributed by atoms with Gasteiger partial charge >= 0.3 is 0 Å². The first kappa shape index (κ1) is 15.9. The van der Waals surface area contributed by atoms with Crippen molar-refractivity contribution in [3.05, 3.63) is 0 Å². The number of aliphatic hydroxyl groups is 1. The third-order valence-corrected chi connectivity index (χ3v) is 3.02. The average Bonchev–Trinajstić information content (AvgIpc) is 2.28. The Labute approximate surface area is 101 Å². The van der Waals surface area contributed by atoms with Crippen LogP contribution in [0.25, 0.3) is 0 Å². The normalized spacial score (nSPS) is 15.4. The molecule has 3 N–H and O–H groups in total. The third kappa shape index (κ3) is 8.08. The molecule has 0 bridgehead atoms. The molecule has 0 fully saturated rings. The van der Waals surface area contributed by atoms with Gasteiger partial charge in [0.2, 0.25) is 0 Å². The zero-order valence-electron chi connectivity index (χ0n) is 11.3. The van der Waals surface area contributed by atoms with Crippen molar-refractivity contribution in [3.63, 3.8) is 0 Å². The lowest BCUT2D eigenvalue weighted by molar-refractivity contribution is 0.172. The highest BCUT2D eigenvalue weighted by Gasteiger charge is 2.18. The molecule has 0 spiro atoms. The van der Waals surface area contributed by atoms with Crippen molar-refractivity contribution in [1.29, 1.82) is 0 Å². The zero-order valence-corrected chi connectivity index (χ0v) is 11.3. The van der Waals surface area contributed by atoms with Crippen molar-refractivity contribution in [2.24, 2.45) is 5.73 Å². The number of unbranched alkanes of at least 4 members (excludes halogenated alkanes) is 2. The van der Waals surface area contributed by atoms with Crippen LogP contribution in [-0.4, -0.2) is 41.8 Å². The molecule has 0 aromatic rings. The summed E-state index contributed by atoms with van der Waals surface area (Å²) in [4.78, 5) is 2.48. The summed E-state index contributed by atoms with van der Waals surface area (Å²) in [6.07, 6.45) is 5.86. The Balaban J connectivity index is 3.89. The molecule has 0 saturated heterocycles. The summed E-state index contributed by atoms with van der Waals surface area (Å²) in [5.41, 5.74) is 5.53. The summed E-state index contributed by atoms with van der Waals surface area (Å²) >= 11 is 0. The summed E-state index contributed by atoms with van der Waals surface area (Å²) in [5, 5.41) is 9.12. The topological polar surface area (TPSA) is 49.5 Å². The van der Waals surface area contributed by atoms with Gasteiger partial charge in [0, 0.05) is 5.54 Å². The molecule has 0 aromatic heterocycles. The minimum Gasteiger partial charge on any atom is -0.394 e. The van der Waals surface area contributed by atoms with E-state index in [2.05, 4.69) is 18.7 Å². The molecule has 0 saturated carbocycles. The fraction of sp³-hybridized carbons (Fsp3) is 1.00. The van der Waals surface area contributed by atoms with Gasteiger partial charge in [-0.25, -0.2) is 0 Å². The predicted octanol–water partition coefficient (Wildman–Crippen LogP) is 1.99. The molecule has 1 unspecified atom stereocenters. The van der Waals surface area contributed by atoms with Gasteiger partial charge in [-0.1, -0.05) is 26.7 Å². The minimum absolute atomic E-state index is 0.0718. The molecule has 0 aliphatic heterocycles. The molecule has 0 amide bonds. The Hall–Kier alpha value is -0.120. The Morgan fingerprint density at radius 1 is 1.06 bits per heavy atom. The summed E-state index contributed by atoms with van der Waals surface area (Å²) in [6, 6.07) is 0. The Morgan fingerprint density at radius 3 is 1.94 bits per heavy atom. The van der Waals surface area contributed by atoms with Crippen molar-refractivity contribution in [2.75, 3.05) is 26.2 Å². The molecule has 0 aliphatic rings. The largest absolute Gasteiger partial charge is 0.394 e. The summed E-state index contributed by atoms with van der Waals surface area (Å²) in [7, 11) is 0. The number of nitrogens with two attached hydrogens (primary N) is 1. The van der Waals surface area contributed by atoms with Gasteiger partial charge in [-0.05, 0) is 45.8 Å². The number of hydrogen-bond acceptors (Lipinski definition) is 3. The highest BCUT2D eigenvalue weighted by atomic mass is 16.3. The van der Waals surface area contributed by atoms with Crippen molar-refractivity contribution < 1.29 is 5.11 Å². The van der Waals surface area contributed by atoms with E-state index in [1.165, 1.54) is 25.7 Å². The second-order valence-electron chi connectivity index (χ2n) is 5.11. The molecular weight excluding hydrogens is 200 g/mol. The Morgan fingerprint density at radius 2 is 1.56 bits per heavy atom. The van der Waals surface area contributed by atoms with Gasteiger partial charge in [-0.2, -0.15) is 0 Å². The highest BCUT2D eigenvalue weighted by Crippen LogP contribution is 2.08. The van der Waals surface area contributed by atoms with Crippen molar-refractivity contribution in [1.82, 2.24) is 4.90 Å². The van der Waals surface area contributed by atoms with E-state index in [4.69, 9.17) is 10.8 Å². The van der Waals surface area contributed by atoms with E-state index in [1.54, 1.807) is 0 Å². The summed E-state index contributed by atoms with van der Waals surface area (Å²) in [6.45, 7) is 9.77. The van der Waals surface area contributed by atoms with Gasteiger partial charge in [0.25, 0.3) is 0 Å². The smallest absolute Gasteiger partial charge is 0.0608 e.